The molecule has 44 heavy (non-hydrogen) atoms. The number of hydrogen-bond donors (Lipinski definition) is 0. The summed E-state index contributed by atoms with van der Waals surface area (Å²) in [5, 5.41) is 9.48. The number of carbonyl (C=O) groups is 2. The van der Waals surface area contributed by atoms with E-state index in [2.05, 4.69) is 10.3 Å². The van der Waals surface area contributed by atoms with Crippen molar-refractivity contribution in [2.75, 3.05) is 13.2 Å². The van der Waals surface area contributed by atoms with Crippen molar-refractivity contribution in [3.63, 3.8) is 0 Å². The third-order valence-corrected chi connectivity index (χ3v) is 8.10. The Bertz CT molecular complexity index is 1710. The minimum Gasteiger partial charge on any atom is -0.456 e. The first-order valence-electron chi connectivity index (χ1n) is 14.7. The van der Waals surface area contributed by atoms with E-state index in [4.69, 9.17) is 21.1 Å². The van der Waals surface area contributed by atoms with E-state index in [0.29, 0.717) is 47.2 Å². The second kappa shape index (κ2) is 11.9. The second-order valence-electron chi connectivity index (χ2n) is 13.1. The molecule has 1 unspecified atom stereocenters. The van der Waals surface area contributed by atoms with Gasteiger partial charge in [-0.15, -0.1) is 5.10 Å². The van der Waals surface area contributed by atoms with Crippen LogP contribution in [-0.2, 0) is 16.0 Å². The summed E-state index contributed by atoms with van der Waals surface area (Å²) in [6.07, 6.45) is 1.53. The minimum absolute atomic E-state index is 0.114. The lowest BCUT2D eigenvalue weighted by Gasteiger charge is -2.45. The Kier molecular flexibility index (Phi) is 8.48. The zero-order chi connectivity index (χ0) is 32.0. The van der Waals surface area contributed by atoms with Gasteiger partial charge in [-0.1, -0.05) is 35.0 Å². The molecule has 4 aromatic rings. The number of halogens is 1. The van der Waals surface area contributed by atoms with Crippen molar-refractivity contribution in [1.82, 2.24) is 24.5 Å². The van der Waals surface area contributed by atoms with Crippen LogP contribution in [0.2, 0.25) is 5.02 Å². The summed E-state index contributed by atoms with van der Waals surface area (Å²) in [6.45, 7) is 16.6. The fourth-order valence-corrected chi connectivity index (χ4v) is 5.71. The van der Waals surface area contributed by atoms with Gasteiger partial charge in [-0.25, -0.2) is 9.48 Å². The van der Waals surface area contributed by atoms with E-state index in [1.807, 2.05) is 120 Å². The van der Waals surface area contributed by atoms with Crippen LogP contribution in [0.4, 0.5) is 0 Å². The summed E-state index contributed by atoms with van der Waals surface area (Å²) >= 11 is 6.25. The van der Waals surface area contributed by atoms with Crippen LogP contribution in [-0.4, -0.2) is 60.6 Å². The number of nitrogens with zero attached hydrogens (tertiary/aromatic N) is 5. The Morgan fingerprint density at radius 1 is 1.07 bits per heavy atom. The van der Waals surface area contributed by atoms with Crippen LogP contribution >= 0.6 is 11.6 Å². The average Bonchev–Trinajstić information content (AvgIpc) is 3.52. The first-order chi connectivity index (χ1) is 20.6. The van der Waals surface area contributed by atoms with Crippen molar-refractivity contribution in [3.05, 3.63) is 99.1 Å². The van der Waals surface area contributed by atoms with Crippen molar-refractivity contribution in [2.45, 2.75) is 79.2 Å². The molecule has 5 rings (SSSR count). The summed E-state index contributed by atoms with van der Waals surface area (Å²) in [4.78, 5) is 28.9. The number of carbonyl (C=O) groups excluding carboxylic acids is 2. The molecule has 0 radical (unpaired) electrons. The number of rotatable bonds is 6. The molecule has 9 nitrogen and oxygen atoms in total. The predicted molar refractivity (Wildman–Crippen MR) is 170 cm³/mol. The van der Waals surface area contributed by atoms with Gasteiger partial charge in [0.1, 0.15) is 17.4 Å². The van der Waals surface area contributed by atoms with Crippen molar-refractivity contribution < 1.29 is 19.1 Å². The molecule has 0 aliphatic carbocycles. The highest BCUT2D eigenvalue weighted by molar-refractivity contribution is 6.30. The molecule has 2 aromatic heterocycles. The first-order valence-corrected chi connectivity index (χ1v) is 15.1. The second-order valence-corrected chi connectivity index (χ2v) is 13.6. The molecule has 232 valence electrons. The summed E-state index contributed by atoms with van der Waals surface area (Å²) in [6, 6.07) is 15.1. The Hall–Kier alpha value is -3.95. The summed E-state index contributed by atoms with van der Waals surface area (Å²) in [5.74, 6) is -0.469. The number of morpholine rings is 1. The summed E-state index contributed by atoms with van der Waals surface area (Å²) in [5.41, 5.74) is 4.89. The van der Waals surface area contributed by atoms with E-state index in [-0.39, 0.29) is 18.0 Å². The first kappa shape index (κ1) is 31.5. The molecule has 3 heterocycles. The lowest BCUT2D eigenvalue weighted by atomic mass is 9.96. The third kappa shape index (κ3) is 6.59. The van der Waals surface area contributed by atoms with E-state index in [0.717, 1.165) is 22.5 Å². The molecule has 0 N–H and O–H groups in total. The van der Waals surface area contributed by atoms with Crippen LogP contribution in [0.5, 0.6) is 0 Å². The number of aryl methyl sites for hydroxylation is 2. The molecule has 10 heteroatoms. The van der Waals surface area contributed by atoms with Gasteiger partial charge in [-0.05, 0) is 96.8 Å². The minimum atomic E-state index is -0.586. The Morgan fingerprint density at radius 2 is 1.82 bits per heavy atom. The molecule has 1 amide bonds. The number of esters is 1. The van der Waals surface area contributed by atoms with E-state index in [9.17, 15) is 9.59 Å². The zero-order valence-electron chi connectivity index (χ0n) is 26.6. The monoisotopic (exact) mass is 617 g/mol. The topological polar surface area (TPSA) is 91.5 Å². The Labute approximate surface area is 263 Å². The number of ether oxygens (including phenoxy) is 2. The molecule has 1 aliphatic heterocycles. The van der Waals surface area contributed by atoms with Gasteiger partial charge in [0.15, 0.2) is 0 Å². The van der Waals surface area contributed by atoms with Crippen LogP contribution in [0, 0.1) is 20.8 Å². The average molecular weight is 618 g/mol. The van der Waals surface area contributed by atoms with Gasteiger partial charge in [0.05, 0.1) is 48.2 Å². The van der Waals surface area contributed by atoms with Crippen LogP contribution in [0.1, 0.15) is 89.6 Å². The molecule has 1 aliphatic rings. The maximum atomic E-state index is 14.3. The Morgan fingerprint density at radius 3 is 2.52 bits per heavy atom. The summed E-state index contributed by atoms with van der Waals surface area (Å²) in [7, 11) is 0. The molecule has 1 fully saturated rings. The van der Waals surface area contributed by atoms with Gasteiger partial charge in [0, 0.05) is 16.4 Å². The fourth-order valence-electron chi connectivity index (χ4n) is 5.51. The number of aromatic nitrogens is 4. The number of hydrogen-bond acceptors (Lipinski definition) is 6. The van der Waals surface area contributed by atoms with Crippen LogP contribution in [0.3, 0.4) is 0 Å². The summed E-state index contributed by atoms with van der Waals surface area (Å²) < 4.78 is 15.5. The fraction of sp³-hybridized carbons (Fsp3) is 0.412. The predicted octanol–water partition coefficient (Wildman–Crippen LogP) is 6.64. The van der Waals surface area contributed by atoms with Crippen molar-refractivity contribution in [2.24, 2.45) is 0 Å². The van der Waals surface area contributed by atoms with Gasteiger partial charge < -0.3 is 18.9 Å². The smallest absolute Gasteiger partial charge is 0.340 e. The SMILES string of the molecule is Cc1ccc(C(=O)N2CC(c3cccc(Cl)c3)OCC2(C)C)c(-n2cc(Cn3c(C)cc(C(=O)OC(C)(C)C)c3C)nn2)c1. The molecular formula is C34H40ClN5O4. The molecule has 0 saturated carbocycles. The van der Waals surface area contributed by atoms with E-state index in [1.54, 1.807) is 4.68 Å². The van der Waals surface area contributed by atoms with Crippen LogP contribution in [0.15, 0.2) is 54.7 Å². The zero-order valence-corrected chi connectivity index (χ0v) is 27.4. The standard InChI is InChI=1S/C34H40ClN5O4/c1-21-12-13-27(31(41)39-19-30(43-20-34(39,7)8)24-10-9-11-25(35)16-24)29(14-21)40-18-26(36-37-40)17-38-22(2)15-28(23(38)3)32(42)44-33(4,5)6/h9-16,18,30H,17,19-20H2,1-8H3. The largest absolute Gasteiger partial charge is 0.456 e. The normalized spacial score (nSPS) is 16.7. The molecule has 1 saturated heterocycles. The van der Waals surface area contributed by atoms with Gasteiger partial charge in [-0.3, -0.25) is 4.79 Å². The number of benzene rings is 2. The molecule has 0 spiro atoms. The molecule has 2 aromatic carbocycles. The highest BCUT2D eigenvalue weighted by Crippen LogP contribution is 2.33. The Balaban J connectivity index is 1.42. The van der Waals surface area contributed by atoms with Crippen LogP contribution in [0.25, 0.3) is 5.69 Å². The van der Waals surface area contributed by atoms with Crippen molar-refractivity contribution in [3.8, 4) is 5.69 Å². The van der Waals surface area contributed by atoms with Gasteiger partial charge in [0.25, 0.3) is 5.91 Å². The quantitative estimate of drug-likeness (QED) is 0.225. The van der Waals surface area contributed by atoms with Gasteiger partial charge >= 0.3 is 5.97 Å². The maximum Gasteiger partial charge on any atom is 0.340 e. The highest BCUT2D eigenvalue weighted by atomic mass is 35.5. The molecule has 0 bridgehead atoms. The van der Waals surface area contributed by atoms with E-state index >= 15 is 0 Å². The van der Waals surface area contributed by atoms with E-state index in [1.165, 1.54) is 0 Å². The van der Waals surface area contributed by atoms with Crippen LogP contribution < -0.4 is 0 Å². The lowest BCUT2D eigenvalue weighted by molar-refractivity contribution is -0.0846. The lowest BCUT2D eigenvalue weighted by Crippen LogP contribution is -2.56. The molecule has 1 atom stereocenters. The maximum absolute atomic E-state index is 14.3. The van der Waals surface area contributed by atoms with Crippen molar-refractivity contribution >= 4 is 23.5 Å². The highest BCUT2D eigenvalue weighted by Gasteiger charge is 2.40. The van der Waals surface area contributed by atoms with Gasteiger partial charge in [-0.2, -0.15) is 0 Å². The van der Waals surface area contributed by atoms with Gasteiger partial charge in [0.2, 0.25) is 0 Å². The third-order valence-electron chi connectivity index (χ3n) is 7.87. The molecular weight excluding hydrogens is 578 g/mol. The number of amides is 1. The van der Waals surface area contributed by atoms with Crippen molar-refractivity contribution in [1.29, 1.82) is 0 Å². The van der Waals surface area contributed by atoms with E-state index < -0.39 is 11.1 Å².